The Bertz CT molecular complexity index is 117. The predicted molar refractivity (Wildman–Crippen MR) is 55.9 cm³/mol. The Labute approximate surface area is 75.5 Å². The minimum atomic E-state index is 0.337. The van der Waals surface area contributed by atoms with Crippen molar-refractivity contribution in [1.82, 2.24) is 0 Å². The zero-order chi connectivity index (χ0) is 8.91. The molecule has 0 heterocycles. The third-order valence-corrected chi connectivity index (χ3v) is 2.28. The summed E-state index contributed by atoms with van der Waals surface area (Å²) in [4.78, 5) is 0. The fraction of sp³-hybridized carbons (Fsp3) is 0.800. The Morgan fingerprint density at radius 2 is 1.82 bits per heavy atom. The van der Waals surface area contributed by atoms with Crippen LogP contribution in [0.15, 0.2) is 11.5 Å². The summed E-state index contributed by atoms with van der Waals surface area (Å²) in [5.74, 6) is 2.02. The lowest BCUT2D eigenvalue weighted by atomic mass is 9.98. The second kappa shape index (κ2) is 4.87. The van der Waals surface area contributed by atoms with Crippen molar-refractivity contribution in [2.24, 2.45) is 11.3 Å². The average Bonchev–Trinajstić information content (AvgIpc) is 1.78. The van der Waals surface area contributed by atoms with Crippen molar-refractivity contribution in [3.05, 3.63) is 11.5 Å². The van der Waals surface area contributed by atoms with Crippen molar-refractivity contribution < 1.29 is 0 Å². The van der Waals surface area contributed by atoms with Crippen LogP contribution in [0, 0.1) is 11.3 Å². The quantitative estimate of drug-likeness (QED) is 0.621. The van der Waals surface area contributed by atoms with E-state index in [1.807, 2.05) is 11.8 Å². The van der Waals surface area contributed by atoms with Gasteiger partial charge >= 0.3 is 0 Å². The smallest absolute Gasteiger partial charge is 0.000295 e. The highest BCUT2D eigenvalue weighted by atomic mass is 32.2. The predicted octanol–water partition coefficient (Wildman–Crippen LogP) is 3.94. The molecule has 0 radical (unpaired) electrons. The Morgan fingerprint density at radius 1 is 1.27 bits per heavy atom. The SMILES string of the molecule is CC(C)CS/C=C/C(C)(C)C. The number of hydrogen-bond donors (Lipinski definition) is 0. The lowest BCUT2D eigenvalue weighted by Gasteiger charge is -2.10. The standard InChI is InChI=1S/C10H20S/c1-9(2)8-11-7-6-10(3,4)5/h6-7,9H,8H2,1-5H3/b7-6+. The summed E-state index contributed by atoms with van der Waals surface area (Å²) in [7, 11) is 0. The highest BCUT2D eigenvalue weighted by Gasteiger charge is 2.02. The monoisotopic (exact) mass is 172 g/mol. The Kier molecular flexibility index (Phi) is 4.91. The van der Waals surface area contributed by atoms with Crippen LogP contribution in [0.4, 0.5) is 0 Å². The van der Waals surface area contributed by atoms with Crippen LogP contribution in [0.1, 0.15) is 34.6 Å². The minimum Gasteiger partial charge on any atom is -0.134 e. The van der Waals surface area contributed by atoms with E-state index in [0.717, 1.165) is 5.92 Å². The first-order chi connectivity index (χ1) is 4.92. The van der Waals surface area contributed by atoms with E-state index in [4.69, 9.17) is 0 Å². The highest BCUT2D eigenvalue weighted by Crippen LogP contribution is 2.18. The average molecular weight is 172 g/mol. The van der Waals surface area contributed by atoms with Crippen molar-refractivity contribution in [2.75, 3.05) is 5.75 Å². The molecule has 0 aromatic rings. The van der Waals surface area contributed by atoms with Crippen LogP contribution >= 0.6 is 11.8 Å². The number of allylic oxidation sites excluding steroid dienone is 1. The normalized spacial score (nSPS) is 13.3. The second-order valence-corrected chi connectivity index (χ2v) is 5.33. The van der Waals surface area contributed by atoms with Gasteiger partial charge < -0.3 is 0 Å². The maximum atomic E-state index is 2.26. The van der Waals surface area contributed by atoms with E-state index in [1.54, 1.807) is 0 Å². The molecule has 0 aliphatic heterocycles. The molecule has 66 valence electrons. The van der Waals surface area contributed by atoms with Crippen LogP contribution in [-0.4, -0.2) is 5.75 Å². The fourth-order valence-electron chi connectivity index (χ4n) is 0.500. The van der Waals surface area contributed by atoms with Crippen LogP contribution in [0.25, 0.3) is 0 Å². The maximum Gasteiger partial charge on any atom is -0.000295 e. The molecule has 0 spiro atoms. The summed E-state index contributed by atoms with van der Waals surface area (Å²) < 4.78 is 0. The van der Waals surface area contributed by atoms with Gasteiger partial charge in [-0.05, 0) is 22.5 Å². The van der Waals surface area contributed by atoms with Crippen molar-refractivity contribution in [2.45, 2.75) is 34.6 Å². The molecule has 0 unspecified atom stereocenters. The zero-order valence-electron chi connectivity index (χ0n) is 8.35. The molecule has 0 saturated heterocycles. The number of rotatable bonds is 3. The minimum absolute atomic E-state index is 0.337. The summed E-state index contributed by atoms with van der Waals surface area (Å²) in [5, 5.41) is 2.22. The van der Waals surface area contributed by atoms with Gasteiger partial charge in [0.25, 0.3) is 0 Å². The van der Waals surface area contributed by atoms with Crippen molar-refractivity contribution >= 4 is 11.8 Å². The molecule has 0 aliphatic carbocycles. The Morgan fingerprint density at radius 3 is 2.18 bits per heavy atom. The van der Waals surface area contributed by atoms with E-state index < -0.39 is 0 Å². The zero-order valence-corrected chi connectivity index (χ0v) is 9.16. The van der Waals surface area contributed by atoms with Gasteiger partial charge in [-0.1, -0.05) is 40.7 Å². The largest absolute Gasteiger partial charge is 0.134 e. The van der Waals surface area contributed by atoms with E-state index >= 15 is 0 Å². The topological polar surface area (TPSA) is 0 Å². The molecule has 0 N–H and O–H groups in total. The lowest BCUT2D eigenvalue weighted by molar-refractivity contribution is 0.545. The molecule has 0 saturated carbocycles. The number of hydrogen-bond acceptors (Lipinski definition) is 1. The molecule has 0 rings (SSSR count). The summed E-state index contributed by atoms with van der Waals surface area (Å²) in [6.45, 7) is 11.2. The molecule has 1 heteroatoms. The third kappa shape index (κ3) is 10.1. The van der Waals surface area contributed by atoms with Crippen molar-refractivity contribution in [3.63, 3.8) is 0 Å². The van der Waals surface area contributed by atoms with E-state index in [9.17, 15) is 0 Å². The van der Waals surface area contributed by atoms with Gasteiger partial charge in [0, 0.05) is 0 Å². The van der Waals surface area contributed by atoms with Crippen LogP contribution < -0.4 is 0 Å². The molecule has 0 amide bonds. The summed E-state index contributed by atoms with van der Waals surface area (Å²) in [6.07, 6.45) is 2.26. The molecule has 0 aromatic heterocycles. The van der Waals surface area contributed by atoms with E-state index in [-0.39, 0.29) is 0 Å². The summed E-state index contributed by atoms with van der Waals surface area (Å²) in [6, 6.07) is 0. The molecule has 0 nitrogen and oxygen atoms in total. The molecule has 11 heavy (non-hydrogen) atoms. The fourth-order valence-corrected chi connectivity index (χ4v) is 1.50. The van der Waals surface area contributed by atoms with E-state index in [0.29, 0.717) is 5.41 Å². The molecule has 0 fully saturated rings. The Hall–Kier alpha value is 0.0900. The van der Waals surface area contributed by atoms with Gasteiger partial charge in [-0.2, -0.15) is 0 Å². The molecular weight excluding hydrogens is 152 g/mol. The molecule has 0 atom stereocenters. The van der Waals surface area contributed by atoms with Crippen LogP contribution in [0.3, 0.4) is 0 Å². The van der Waals surface area contributed by atoms with E-state index in [1.165, 1.54) is 5.75 Å². The number of thioether (sulfide) groups is 1. The van der Waals surface area contributed by atoms with Gasteiger partial charge in [0.15, 0.2) is 0 Å². The van der Waals surface area contributed by atoms with Crippen molar-refractivity contribution in [3.8, 4) is 0 Å². The van der Waals surface area contributed by atoms with Gasteiger partial charge in [0.1, 0.15) is 0 Å². The molecule has 0 bridgehead atoms. The summed E-state index contributed by atoms with van der Waals surface area (Å²) in [5.41, 5.74) is 0.337. The van der Waals surface area contributed by atoms with E-state index in [2.05, 4.69) is 46.1 Å². The van der Waals surface area contributed by atoms with Crippen LogP contribution in [0.2, 0.25) is 0 Å². The first-order valence-corrected chi connectivity index (χ1v) is 5.26. The lowest BCUT2D eigenvalue weighted by Crippen LogP contribution is -1.98. The second-order valence-electron chi connectivity index (χ2n) is 4.40. The van der Waals surface area contributed by atoms with Gasteiger partial charge in [0.2, 0.25) is 0 Å². The van der Waals surface area contributed by atoms with Gasteiger partial charge in [-0.3, -0.25) is 0 Å². The molecule has 0 aliphatic rings. The van der Waals surface area contributed by atoms with Crippen molar-refractivity contribution in [1.29, 1.82) is 0 Å². The van der Waals surface area contributed by atoms with Crippen LogP contribution in [-0.2, 0) is 0 Å². The highest BCUT2D eigenvalue weighted by molar-refractivity contribution is 8.02. The Balaban J connectivity index is 3.46. The van der Waals surface area contributed by atoms with Gasteiger partial charge in [0.05, 0.1) is 0 Å². The third-order valence-electron chi connectivity index (χ3n) is 1.09. The maximum absolute atomic E-state index is 2.26. The first-order valence-electron chi connectivity index (χ1n) is 4.21. The molecule has 0 aromatic carbocycles. The first kappa shape index (κ1) is 11.1. The summed E-state index contributed by atoms with van der Waals surface area (Å²) >= 11 is 1.91. The van der Waals surface area contributed by atoms with Crippen LogP contribution in [0.5, 0.6) is 0 Å². The molecular formula is C10H20S. The van der Waals surface area contributed by atoms with Gasteiger partial charge in [-0.15, -0.1) is 11.8 Å². The van der Waals surface area contributed by atoms with Gasteiger partial charge in [-0.25, -0.2) is 0 Å².